The molecule has 1 saturated heterocycles. The second-order valence-electron chi connectivity index (χ2n) is 7.63. The van der Waals surface area contributed by atoms with Crippen LogP contribution in [-0.2, 0) is 6.54 Å². The number of benzene rings is 2. The Labute approximate surface area is 190 Å². The summed E-state index contributed by atoms with van der Waals surface area (Å²) in [4.78, 5) is 18.7. The summed E-state index contributed by atoms with van der Waals surface area (Å²) < 4.78 is 10.8. The lowest BCUT2D eigenvalue weighted by Crippen LogP contribution is -2.44. The van der Waals surface area contributed by atoms with E-state index in [2.05, 4.69) is 25.8 Å². The number of nitrogens with one attached hydrogen (secondary N) is 3. The van der Waals surface area contributed by atoms with Crippen molar-refractivity contribution in [1.29, 1.82) is 0 Å². The normalized spacial score (nSPS) is 15.9. The molecule has 172 valence electrons. The predicted molar refractivity (Wildman–Crippen MR) is 128 cm³/mol. The zero-order chi connectivity index (χ0) is 22.9. The van der Waals surface area contributed by atoms with Crippen LogP contribution in [0.4, 0.5) is 5.69 Å². The van der Waals surface area contributed by atoms with Gasteiger partial charge in [0.15, 0.2) is 5.96 Å². The lowest BCUT2D eigenvalue weighted by molar-refractivity contribution is 0.0955. The third kappa shape index (κ3) is 6.06. The maximum absolute atomic E-state index is 12.1. The van der Waals surface area contributed by atoms with Crippen molar-refractivity contribution in [3.05, 3.63) is 53.6 Å². The predicted octanol–water partition coefficient (Wildman–Crippen LogP) is 2.40. The summed E-state index contributed by atoms with van der Waals surface area (Å²) in [5.74, 6) is 2.24. The minimum absolute atomic E-state index is 0.0583. The molecule has 0 bridgehead atoms. The molecular weight excluding hydrogens is 406 g/mol. The van der Waals surface area contributed by atoms with Crippen LogP contribution in [0.2, 0.25) is 0 Å². The topological polar surface area (TPSA) is 87.2 Å². The smallest absolute Gasteiger partial charge is 0.251 e. The molecule has 1 atom stereocenters. The van der Waals surface area contributed by atoms with Gasteiger partial charge in [-0.25, -0.2) is 0 Å². The van der Waals surface area contributed by atoms with Crippen molar-refractivity contribution in [3.8, 4) is 11.5 Å². The van der Waals surface area contributed by atoms with E-state index in [1.807, 2.05) is 49.4 Å². The molecule has 2 aromatic carbocycles. The van der Waals surface area contributed by atoms with Crippen molar-refractivity contribution in [1.82, 2.24) is 16.0 Å². The van der Waals surface area contributed by atoms with E-state index in [9.17, 15) is 4.79 Å². The summed E-state index contributed by atoms with van der Waals surface area (Å²) in [6.45, 7) is 4.88. The van der Waals surface area contributed by atoms with Crippen molar-refractivity contribution < 1.29 is 14.3 Å². The monoisotopic (exact) mass is 439 g/mol. The number of hydrogen-bond acceptors (Lipinski definition) is 5. The molecule has 1 amide bonds. The van der Waals surface area contributed by atoms with Crippen molar-refractivity contribution in [3.63, 3.8) is 0 Å². The number of carbonyl (C=O) groups excluding carboxylic acids is 1. The average Bonchev–Trinajstić information content (AvgIpc) is 3.30. The van der Waals surface area contributed by atoms with Crippen LogP contribution in [0.25, 0.3) is 0 Å². The summed E-state index contributed by atoms with van der Waals surface area (Å²) >= 11 is 0. The molecular formula is C24H33N5O3. The van der Waals surface area contributed by atoms with Gasteiger partial charge < -0.3 is 30.3 Å². The lowest BCUT2D eigenvalue weighted by atomic mass is 10.1. The fraction of sp³-hybridized carbons (Fsp3) is 0.417. The van der Waals surface area contributed by atoms with Gasteiger partial charge in [0.25, 0.3) is 5.91 Å². The highest BCUT2D eigenvalue weighted by molar-refractivity contribution is 5.94. The number of hydrogen-bond donors (Lipinski definition) is 3. The molecule has 2 aromatic rings. The van der Waals surface area contributed by atoms with E-state index < -0.39 is 0 Å². The number of rotatable bonds is 8. The Morgan fingerprint density at radius 3 is 2.53 bits per heavy atom. The molecule has 0 aliphatic carbocycles. The number of anilines is 1. The van der Waals surface area contributed by atoms with E-state index in [1.54, 1.807) is 21.3 Å². The number of amides is 1. The molecule has 8 nitrogen and oxygen atoms in total. The maximum atomic E-state index is 12.1. The number of ether oxygens (including phenoxy) is 2. The lowest BCUT2D eigenvalue weighted by Gasteiger charge is -2.21. The molecule has 0 radical (unpaired) electrons. The first kappa shape index (κ1) is 23.2. The zero-order valence-electron chi connectivity index (χ0n) is 19.3. The van der Waals surface area contributed by atoms with Gasteiger partial charge in [0.05, 0.1) is 14.2 Å². The molecule has 0 aromatic heterocycles. The van der Waals surface area contributed by atoms with Gasteiger partial charge in [0, 0.05) is 68.7 Å². The van der Waals surface area contributed by atoms with E-state index in [0.29, 0.717) is 18.7 Å². The third-order valence-corrected chi connectivity index (χ3v) is 5.44. The fourth-order valence-corrected chi connectivity index (χ4v) is 3.75. The molecule has 3 N–H and O–H groups in total. The van der Waals surface area contributed by atoms with Gasteiger partial charge in [0.1, 0.15) is 11.5 Å². The molecule has 1 aliphatic heterocycles. The minimum Gasteiger partial charge on any atom is -0.497 e. The van der Waals surface area contributed by atoms with Crippen LogP contribution in [0, 0.1) is 0 Å². The van der Waals surface area contributed by atoms with Crippen LogP contribution in [0.5, 0.6) is 11.5 Å². The van der Waals surface area contributed by atoms with Gasteiger partial charge in [0.2, 0.25) is 0 Å². The Balaban J connectivity index is 1.56. The summed E-state index contributed by atoms with van der Waals surface area (Å²) in [6.07, 6.45) is 0.993. The van der Waals surface area contributed by atoms with Gasteiger partial charge in [-0.05, 0) is 31.0 Å². The Bertz CT molecular complexity index is 925. The minimum atomic E-state index is -0.0583. The zero-order valence-corrected chi connectivity index (χ0v) is 19.3. The number of carbonyl (C=O) groups is 1. The van der Waals surface area contributed by atoms with Crippen molar-refractivity contribution in [2.45, 2.75) is 25.9 Å². The molecule has 32 heavy (non-hydrogen) atoms. The van der Waals surface area contributed by atoms with Gasteiger partial charge in [-0.1, -0.05) is 12.1 Å². The number of methoxy groups -OCH3 is 2. The molecule has 1 fully saturated rings. The van der Waals surface area contributed by atoms with E-state index in [-0.39, 0.29) is 11.9 Å². The fourth-order valence-electron chi connectivity index (χ4n) is 3.75. The summed E-state index contributed by atoms with van der Waals surface area (Å²) in [5.41, 5.74) is 2.76. The summed E-state index contributed by atoms with van der Waals surface area (Å²) in [6, 6.07) is 13.8. The first-order chi connectivity index (χ1) is 15.6. The standard InChI is InChI=1S/C24H33N5O3/c1-5-26-23(30)18-8-6-7-17(11-18)15-27-24(25-2)28-19-9-10-29(16-19)20-12-21(31-3)14-22(13-20)32-4/h6-8,11-14,19H,5,9-10,15-16H2,1-4H3,(H,26,30)(H2,25,27,28). The van der Waals surface area contributed by atoms with Crippen molar-refractivity contribution in [2.24, 2.45) is 4.99 Å². The number of guanidine groups is 1. The second-order valence-corrected chi connectivity index (χ2v) is 7.63. The van der Waals surface area contributed by atoms with Gasteiger partial charge in [-0.2, -0.15) is 0 Å². The van der Waals surface area contributed by atoms with Crippen LogP contribution in [0.3, 0.4) is 0 Å². The van der Waals surface area contributed by atoms with Gasteiger partial charge in [-0.3, -0.25) is 9.79 Å². The Kier molecular flexibility index (Phi) is 8.19. The van der Waals surface area contributed by atoms with E-state index >= 15 is 0 Å². The Morgan fingerprint density at radius 2 is 1.88 bits per heavy atom. The highest BCUT2D eigenvalue weighted by Gasteiger charge is 2.24. The number of aliphatic imine (C=N–C) groups is 1. The number of nitrogens with zero attached hydrogens (tertiary/aromatic N) is 2. The van der Waals surface area contributed by atoms with Crippen LogP contribution < -0.4 is 30.3 Å². The van der Waals surface area contributed by atoms with E-state index in [4.69, 9.17) is 9.47 Å². The van der Waals surface area contributed by atoms with Gasteiger partial charge >= 0.3 is 0 Å². The maximum Gasteiger partial charge on any atom is 0.251 e. The molecule has 1 aliphatic rings. The second kappa shape index (κ2) is 11.3. The van der Waals surface area contributed by atoms with Crippen molar-refractivity contribution in [2.75, 3.05) is 45.8 Å². The average molecular weight is 440 g/mol. The first-order valence-electron chi connectivity index (χ1n) is 10.9. The van der Waals surface area contributed by atoms with E-state index in [1.165, 1.54) is 0 Å². The molecule has 1 heterocycles. The highest BCUT2D eigenvalue weighted by Crippen LogP contribution is 2.30. The SMILES string of the molecule is CCNC(=O)c1cccc(CNC(=NC)NC2CCN(c3cc(OC)cc(OC)c3)C2)c1. The van der Waals surface area contributed by atoms with Crippen LogP contribution in [0.15, 0.2) is 47.5 Å². The summed E-state index contributed by atoms with van der Waals surface area (Å²) in [5, 5.41) is 9.69. The molecule has 3 rings (SSSR count). The van der Waals surface area contributed by atoms with Crippen LogP contribution in [-0.4, -0.2) is 58.8 Å². The third-order valence-electron chi connectivity index (χ3n) is 5.44. The molecule has 1 unspecified atom stereocenters. The Hall–Kier alpha value is -3.42. The van der Waals surface area contributed by atoms with Crippen LogP contribution in [0.1, 0.15) is 29.3 Å². The molecule has 0 saturated carbocycles. The molecule has 8 heteroatoms. The quantitative estimate of drug-likeness (QED) is 0.433. The van der Waals surface area contributed by atoms with E-state index in [0.717, 1.165) is 48.2 Å². The van der Waals surface area contributed by atoms with Crippen molar-refractivity contribution >= 4 is 17.6 Å². The highest BCUT2D eigenvalue weighted by atomic mass is 16.5. The van der Waals surface area contributed by atoms with Gasteiger partial charge in [-0.15, -0.1) is 0 Å². The largest absolute Gasteiger partial charge is 0.497 e. The molecule has 0 spiro atoms. The van der Waals surface area contributed by atoms with Crippen LogP contribution >= 0.6 is 0 Å². The Morgan fingerprint density at radius 1 is 1.12 bits per heavy atom. The summed E-state index contributed by atoms with van der Waals surface area (Å²) in [7, 11) is 5.09. The first-order valence-corrected chi connectivity index (χ1v) is 10.9.